The molecule has 3 N–H and O–H groups in total. The third kappa shape index (κ3) is 5.14. The highest BCUT2D eigenvalue weighted by atomic mass is 16.2. The van der Waals surface area contributed by atoms with Crippen molar-refractivity contribution in [3.63, 3.8) is 0 Å². The molecule has 4 rings (SSSR count). The van der Waals surface area contributed by atoms with Crippen LogP contribution in [0.4, 0.5) is 11.5 Å². The first-order valence-corrected chi connectivity index (χ1v) is 11.4. The Kier molecular flexibility index (Phi) is 7.01. The van der Waals surface area contributed by atoms with E-state index in [4.69, 9.17) is 5.73 Å². The van der Waals surface area contributed by atoms with Crippen LogP contribution in [-0.2, 0) is 6.54 Å². The molecule has 0 spiro atoms. The molecule has 0 fully saturated rings. The molecule has 9 nitrogen and oxygen atoms in total. The Morgan fingerprint density at radius 1 is 1.15 bits per heavy atom. The van der Waals surface area contributed by atoms with Crippen LogP contribution in [0.5, 0.6) is 0 Å². The second kappa shape index (κ2) is 10.3. The summed E-state index contributed by atoms with van der Waals surface area (Å²) in [6.45, 7) is 2.17. The molecule has 34 heavy (non-hydrogen) atoms. The molecule has 2 aromatic heterocycles. The largest absolute Gasteiger partial charge is 0.383 e. The highest BCUT2D eigenvalue weighted by molar-refractivity contribution is 6.05. The van der Waals surface area contributed by atoms with Gasteiger partial charge in [0.15, 0.2) is 5.69 Å². The average molecular weight is 461 g/mol. The number of nitrogens with two attached hydrogens (primary N) is 1. The predicted octanol–water partition coefficient (Wildman–Crippen LogP) is 2.80. The van der Waals surface area contributed by atoms with E-state index in [1.165, 1.54) is 27.4 Å². The van der Waals surface area contributed by atoms with Gasteiger partial charge in [-0.15, -0.1) is 0 Å². The SMILES string of the molecule is Cc1cnc(C(=O)N(CCC2=CCCCC2)c2c(N)n(Cc3ccccc3)c(=O)[nH]c2=O)cn1. The first-order valence-electron chi connectivity index (χ1n) is 11.4. The van der Waals surface area contributed by atoms with E-state index in [0.29, 0.717) is 12.1 Å². The van der Waals surface area contributed by atoms with Gasteiger partial charge in [-0.3, -0.25) is 29.0 Å². The molecule has 3 aromatic rings. The number of nitrogen functional groups attached to an aromatic ring is 1. The molecule has 0 unspecified atom stereocenters. The summed E-state index contributed by atoms with van der Waals surface area (Å²) < 4.78 is 1.27. The molecule has 0 atom stereocenters. The van der Waals surface area contributed by atoms with E-state index >= 15 is 0 Å². The molecule has 1 aromatic carbocycles. The van der Waals surface area contributed by atoms with Crippen molar-refractivity contribution in [2.45, 2.75) is 45.6 Å². The van der Waals surface area contributed by atoms with Crippen molar-refractivity contribution in [1.82, 2.24) is 19.5 Å². The van der Waals surface area contributed by atoms with Crippen molar-refractivity contribution in [3.8, 4) is 0 Å². The molecular weight excluding hydrogens is 432 g/mol. The van der Waals surface area contributed by atoms with Gasteiger partial charge in [0, 0.05) is 12.7 Å². The molecule has 9 heteroatoms. The maximum absolute atomic E-state index is 13.5. The van der Waals surface area contributed by atoms with Crippen molar-refractivity contribution >= 4 is 17.4 Å². The highest BCUT2D eigenvalue weighted by Gasteiger charge is 2.26. The Balaban J connectivity index is 1.76. The van der Waals surface area contributed by atoms with Crippen molar-refractivity contribution < 1.29 is 4.79 Å². The quantitative estimate of drug-likeness (QED) is 0.522. The van der Waals surface area contributed by atoms with Gasteiger partial charge in [-0.05, 0) is 44.6 Å². The predicted molar refractivity (Wildman–Crippen MR) is 131 cm³/mol. The second-order valence-corrected chi connectivity index (χ2v) is 8.42. The minimum atomic E-state index is -0.710. The number of rotatable bonds is 7. The highest BCUT2D eigenvalue weighted by Crippen LogP contribution is 2.24. The minimum Gasteiger partial charge on any atom is -0.383 e. The maximum atomic E-state index is 13.5. The van der Waals surface area contributed by atoms with Crippen LogP contribution in [0.15, 0.2) is 64.0 Å². The van der Waals surface area contributed by atoms with Crippen LogP contribution in [0.1, 0.15) is 53.8 Å². The fourth-order valence-electron chi connectivity index (χ4n) is 4.10. The summed E-state index contributed by atoms with van der Waals surface area (Å²) in [5.74, 6) is -0.560. The van der Waals surface area contributed by atoms with Crippen LogP contribution >= 0.6 is 0 Å². The van der Waals surface area contributed by atoms with Crippen LogP contribution in [0.3, 0.4) is 0 Å². The normalized spacial score (nSPS) is 13.4. The van der Waals surface area contributed by atoms with E-state index in [1.54, 1.807) is 6.92 Å². The molecule has 2 heterocycles. The molecular formula is C25H28N6O3. The van der Waals surface area contributed by atoms with Gasteiger partial charge < -0.3 is 5.73 Å². The fourth-order valence-corrected chi connectivity index (χ4v) is 4.10. The van der Waals surface area contributed by atoms with Gasteiger partial charge in [0.05, 0.1) is 18.4 Å². The smallest absolute Gasteiger partial charge is 0.330 e. The van der Waals surface area contributed by atoms with Crippen LogP contribution in [-0.4, -0.2) is 32.0 Å². The lowest BCUT2D eigenvalue weighted by Crippen LogP contribution is -2.42. The number of amides is 1. The number of anilines is 2. The van der Waals surface area contributed by atoms with E-state index in [1.807, 2.05) is 30.3 Å². The Bertz CT molecular complexity index is 1310. The van der Waals surface area contributed by atoms with Gasteiger partial charge in [-0.1, -0.05) is 42.0 Å². The van der Waals surface area contributed by atoms with Crippen molar-refractivity contribution in [2.75, 3.05) is 17.2 Å². The minimum absolute atomic E-state index is 0.0562. The molecule has 0 radical (unpaired) electrons. The Hall–Kier alpha value is -4.01. The van der Waals surface area contributed by atoms with Crippen molar-refractivity contribution in [1.29, 1.82) is 0 Å². The van der Waals surface area contributed by atoms with E-state index in [0.717, 1.165) is 31.2 Å². The number of hydrogen-bond acceptors (Lipinski definition) is 6. The van der Waals surface area contributed by atoms with E-state index in [2.05, 4.69) is 21.0 Å². The summed E-state index contributed by atoms with van der Waals surface area (Å²) in [5.41, 5.74) is 7.83. The number of carbonyl (C=O) groups is 1. The lowest BCUT2D eigenvalue weighted by Gasteiger charge is -2.25. The number of nitrogens with one attached hydrogen (secondary N) is 1. The van der Waals surface area contributed by atoms with E-state index < -0.39 is 17.2 Å². The molecule has 0 aliphatic heterocycles. The van der Waals surface area contributed by atoms with Crippen molar-refractivity contribution in [2.24, 2.45) is 0 Å². The Morgan fingerprint density at radius 2 is 1.94 bits per heavy atom. The Morgan fingerprint density at radius 3 is 2.62 bits per heavy atom. The molecule has 0 bridgehead atoms. The number of aromatic nitrogens is 4. The molecule has 1 aliphatic rings. The van der Waals surface area contributed by atoms with Gasteiger partial charge in [0.25, 0.3) is 11.5 Å². The monoisotopic (exact) mass is 460 g/mol. The summed E-state index contributed by atoms with van der Waals surface area (Å²) in [6.07, 6.45) is 9.91. The summed E-state index contributed by atoms with van der Waals surface area (Å²) in [6, 6.07) is 9.30. The first kappa shape index (κ1) is 23.2. The number of benzene rings is 1. The maximum Gasteiger partial charge on any atom is 0.330 e. The summed E-state index contributed by atoms with van der Waals surface area (Å²) >= 11 is 0. The van der Waals surface area contributed by atoms with Gasteiger partial charge in [0.2, 0.25) is 0 Å². The number of allylic oxidation sites excluding steroid dienone is 1. The first-order chi connectivity index (χ1) is 16.4. The topological polar surface area (TPSA) is 127 Å². The molecule has 1 aliphatic carbocycles. The number of H-pyrrole nitrogens is 1. The van der Waals surface area contributed by atoms with Crippen LogP contribution in [0.25, 0.3) is 0 Å². The van der Waals surface area contributed by atoms with Crippen molar-refractivity contribution in [3.05, 3.63) is 92.2 Å². The standard InChI is InChI=1S/C25H28N6O3/c1-17-14-28-20(15-27-17)24(33)30(13-12-18-8-4-2-5-9-18)21-22(26)31(25(34)29-23(21)32)16-19-10-6-3-7-11-19/h3,6-8,10-11,14-15H,2,4-5,9,12-13,16,26H2,1H3,(H,29,32,34). The molecule has 0 saturated carbocycles. The lowest BCUT2D eigenvalue weighted by atomic mass is 9.97. The summed E-state index contributed by atoms with van der Waals surface area (Å²) in [5, 5.41) is 0. The van der Waals surface area contributed by atoms with Gasteiger partial charge in [-0.2, -0.15) is 0 Å². The van der Waals surface area contributed by atoms with Gasteiger partial charge in [-0.25, -0.2) is 9.78 Å². The van der Waals surface area contributed by atoms with Crippen LogP contribution < -0.4 is 21.9 Å². The zero-order chi connectivity index (χ0) is 24.1. The third-order valence-electron chi connectivity index (χ3n) is 5.95. The zero-order valence-electron chi connectivity index (χ0n) is 19.2. The number of aromatic amines is 1. The average Bonchev–Trinajstić information content (AvgIpc) is 2.85. The Labute approximate surface area is 197 Å². The number of carbonyl (C=O) groups excluding carboxylic acids is 1. The number of aryl methyl sites for hydroxylation is 1. The zero-order valence-corrected chi connectivity index (χ0v) is 19.2. The van der Waals surface area contributed by atoms with E-state index in [9.17, 15) is 14.4 Å². The molecule has 1 amide bonds. The summed E-state index contributed by atoms with van der Waals surface area (Å²) in [4.78, 5) is 51.1. The summed E-state index contributed by atoms with van der Waals surface area (Å²) in [7, 11) is 0. The van der Waals surface area contributed by atoms with Crippen LogP contribution in [0, 0.1) is 6.92 Å². The third-order valence-corrected chi connectivity index (χ3v) is 5.95. The van der Waals surface area contributed by atoms with Gasteiger partial charge in [0.1, 0.15) is 11.5 Å². The van der Waals surface area contributed by atoms with E-state index in [-0.39, 0.29) is 30.3 Å². The fraction of sp³-hybridized carbons (Fsp3) is 0.320. The number of hydrogen-bond donors (Lipinski definition) is 2. The molecule has 0 saturated heterocycles. The second-order valence-electron chi connectivity index (χ2n) is 8.42. The van der Waals surface area contributed by atoms with Crippen LogP contribution in [0.2, 0.25) is 0 Å². The number of nitrogens with zero attached hydrogens (tertiary/aromatic N) is 4. The lowest BCUT2D eigenvalue weighted by molar-refractivity contribution is 0.0981. The molecule has 176 valence electrons. The van der Waals surface area contributed by atoms with Gasteiger partial charge >= 0.3 is 5.69 Å².